The van der Waals surface area contributed by atoms with E-state index in [0.717, 1.165) is 17.7 Å². The molecule has 2 aromatic rings. The Morgan fingerprint density at radius 3 is 2.76 bits per heavy atom. The molecule has 0 saturated heterocycles. The second kappa shape index (κ2) is 5.00. The van der Waals surface area contributed by atoms with Crippen LogP contribution in [0.5, 0.6) is 0 Å². The summed E-state index contributed by atoms with van der Waals surface area (Å²) in [5, 5.41) is -0.356. The summed E-state index contributed by atoms with van der Waals surface area (Å²) < 4.78 is 27.4. The molecule has 3 rings (SSSR count). The van der Waals surface area contributed by atoms with Gasteiger partial charge < -0.3 is 10.6 Å². The predicted molar refractivity (Wildman–Crippen MR) is 77.6 cm³/mol. The maximum atomic E-state index is 13.9. The number of hydrogen-bond donors (Lipinski definition) is 1. The lowest BCUT2D eigenvalue weighted by molar-refractivity contribution is 0.0985. The van der Waals surface area contributed by atoms with Crippen LogP contribution in [0.3, 0.4) is 0 Å². The van der Waals surface area contributed by atoms with Crippen LogP contribution >= 0.6 is 11.6 Å². The Hall–Kier alpha value is -2.14. The van der Waals surface area contributed by atoms with Crippen molar-refractivity contribution in [2.75, 3.05) is 17.2 Å². The van der Waals surface area contributed by atoms with Crippen molar-refractivity contribution in [2.24, 2.45) is 0 Å². The van der Waals surface area contributed by atoms with E-state index >= 15 is 0 Å². The molecule has 1 aliphatic heterocycles. The monoisotopic (exact) mass is 308 g/mol. The Balaban J connectivity index is 2.05. The van der Waals surface area contributed by atoms with Crippen LogP contribution < -0.4 is 10.6 Å². The molecular formula is C15H11ClF2N2O. The van der Waals surface area contributed by atoms with E-state index < -0.39 is 17.5 Å². The molecule has 1 aliphatic rings. The fourth-order valence-corrected chi connectivity index (χ4v) is 2.67. The van der Waals surface area contributed by atoms with Crippen LogP contribution in [0.4, 0.5) is 20.2 Å². The lowest BCUT2D eigenvalue weighted by atomic mass is 10.1. The average Bonchev–Trinajstić information content (AvgIpc) is 2.87. The van der Waals surface area contributed by atoms with Gasteiger partial charge in [-0.1, -0.05) is 23.7 Å². The molecule has 1 amide bonds. The zero-order chi connectivity index (χ0) is 15.1. The normalized spacial score (nSPS) is 13.4. The van der Waals surface area contributed by atoms with Crippen LogP contribution in [0, 0.1) is 11.6 Å². The van der Waals surface area contributed by atoms with Gasteiger partial charge in [0, 0.05) is 6.54 Å². The number of nitrogen functional groups attached to an aromatic ring is 1. The molecule has 0 aliphatic carbocycles. The maximum absolute atomic E-state index is 13.9. The number of anilines is 2. The fourth-order valence-electron chi connectivity index (χ4n) is 2.52. The standard InChI is InChI=1S/C15H11ClF2N2O/c16-10-7-11(17)9(6-12(10)18)15(21)20-5-4-8-2-1-3-13(19)14(8)20/h1-3,6-7H,4-5,19H2. The highest BCUT2D eigenvalue weighted by molar-refractivity contribution is 6.30. The summed E-state index contributed by atoms with van der Waals surface area (Å²) in [5.74, 6) is -2.31. The number of carbonyl (C=O) groups excluding carboxylic acids is 1. The van der Waals surface area contributed by atoms with Crippen LogP contribution in [0.15, 0.2) is 30.3 Å². The molecule has 0 aromatic heterocycles. The molecular weight excluding hydrogens is 298 g/mol. The smallest absolute Gasteiger partial charge is 0.261 e. The Morgan fingerprint density at radius 2 is 2.00 bits per heavy atom. The average molecular weight is 309 g/mol. The van der Waals surface area contributed by atoms with Gasteiger partial charge in [-0.15, -0.1) is 0 Å². The Kier molecular flexibility index (Phi) is 3.29. The van der Waals surface area contributed by atoms with E-state index in [2.05, 4.69) is 0 Å². The molecule has 2 N–H and O–H groups in total. The van der Waals surface area contributed by atoms with Gasteiger partial charge in [-0.2, -0.15) is 0 Å². The van der Waals surface area contributed by atoms with Crippen LogP contribution in [0.1, 0.15) is 15.9 Å². The van der Waals surface area contributed by atoms with Crippen LogP contribution in [0.25, 0.3) is 0 Å². The van der Waals surface area contributed by atoms with Gasteiger partial charge in [-0.25, -0.2) is 8.78 Å². The molecule has 108 valence electrons. The van der Waals surface area contributed by atoms with Gasteiger partial charge in [0.2, 0.25) is 0 Å². The third-order valence-corrected chi connectivity index (χ3v) is 3.80. The van der Waals surface area contributed by atoms with Gasteiger partial charge in [0.1, 0.15) is 11.6 Å². The van der Waals surface area contributed by atoms with E-state index in [9.17, 15) is 13.6 Å². The summed E-state index contributed by atoms with van der Waals surface area (Å²) in [5.41, 5.74) is 7.45. The third kappa shape index (κ3) is 2.23. The summed E-state index contributed by atoms with van der Waals surface area (Å²) in [6.07, 6.45) is 0.629. The van der Waals surface area contributed by atoms with Crippen LogP contribution in [-0.4, -0.2) is 12.5 Å². The Bertz CT molecular complexity index is 749. The summed E-state index contributed by atoms with van der Waals surface area (Å²) in [6.45, 7) is 0.381. The molecule has 1 heterocycles. The first-order chi connectivity index (χ1) is 9.99. The van der Waals surface area contributed by atoms with Gasteiger partial charge in [-0.05, 0) is 30.2 Å². The lowest BCUT2D eigenvalue weighted by Gasteiger charge is -2.19. The molecule has 0 atom stereocenters. The Labute approximate surface area is 124 Å². The first-order valence-corrected chi connectivity index (χ1v) is 6.70. The summed E-state index contributed by atoms with van der Waals surface area (Å²) in [4.78, 5) is 13.8. The highest BCUT2D eigenvalue weighted by Gasteiger charge is 2.29. The summed E-state index contributed by atoms with van der Waals surface area (Å²) >= 11 is 5.50. The highest BCUT2D eigenvalue weighted by atomic mass is 35.5. The number of amides is 1. The van der Waals surface area contributed by atoms with Gasteiger partial charge in [0.05, 0.1) is 22.0 Å². The van der Waals surface area contributed by atoms with E-state index in [1.807, 2.05) is 6.07 Å². The minimum Gasteiger partial charge on any atom is -0.397 e. The van der Waals surface area contributed by atoms with Gasteiger partial charge in [0.15, 0.2) is 0 Å². The fraction of sp³-hybridized carbons (Fsp3) is 0.133. The van der Waals surface area contributed by atoms with Crippen molar-refractivity contribution in [2.45, 2.75) is 6.42 Å². The summed E-state index contributed by atoms with van der Waals surface area (Å²) in [7, 11) is 0. The zero-order valence-electron chi connectivity index (χ0n) is 10.9. The van der Waals surface area contributed by atoms with E-state index in [4.69, 9.17) is 17.3 Å². The van der Waals surface area contributed by atoms with E-state index in [-0.39, 0.29) is 10.6 Å². The topological polar surface area (TPSA) is 46.3 Å². The van der Waals surface area contributed by atoms with Crippen molar-refractivity contribution >= 4 is 28.9 Å². The van der Waals surface area contributed by atoms with Gasteiger partial charge in [0.25, 0.3) is 5.91 Å². The van der Waals surface area contributed by atoms with Crippen molar-refractivity contribution in [1.29, 1.82) is 0 Å². The van der Waals surface area contributed by atoms with Crippen LogP contribution in [0.2, 0.25) is 5.02 Å². The van der Waals surface area contributed by atoms with Crippen molar-refractivity contribution < 1.29 is 13.6 Å². The number of rotatable bonds is 1. The molecule has 0 fully saturated rings. The number of halogens is 3. The number of nitrogens with zero attached hydrogens (tertiary/aromatic N) is 1. The van der Waals surface area contributed by atoms with Crippen molar-refractivity contribution in [3.63, 3.8) is 0 Å². The predicted octanol–water partition coefficient (Wildman–Crippen LogP) is 3.40. The van der Waals surface area contributed by atoms with E-state index in [0.29, 0.717) is 24.3 Å². The number of hydrogen-bond acceptors (Lipinski definition) is 2. The van der Waals surface area contributed by atoms with Crippen molar-refractivity contribution in [3.05, 3.63) is 58.1 Å². The third-order valence-electron chi connectivity index (χ3n) is 3.51. The highest BCUT2D eigenvalue weighted by Crippen LogP contribution is 2.35. The van der Waals surface area contributed by atoms with E-state index in [1.54, 1.807) is 12.1 Å². The zero-order valence-corrected chi connectivity index (χ0v) is 11.6. The number of carbonyl (C=O) groups is 1. The number of fused-ring (bicyclic) bond motifs is 1. The lowest BCUT2D eigenvalue weighted by Crippen LogP contribution is -2.30. The quantitative estimate of drug-likeness (QED) is 0.648. The molecule has 0 radical (unpaired) electrons. The molecule has 0 spiro atoms. The summed E-state index contributed by atoms with van der Waals surface area (Å²) in [6, 6.07) is 6.94. The van der Waals surface area contributed by atoms with E-state index in [1.165, 1.54) is 4.90 Å². The molecule has 2 aromatic carbocycles. The first-order valence-electron chi connectivity index (χ1n) is 6.33. The first kappa shape index (κ1) is 13.8. The molecule has 21 heavy (non-hydrogen) atoms. The number of nitrogens with two attached hydrogens (primary N) is 1. The van der Waals surface area contributed by atoms with Crippen LogP contribution in [-0.2, 0) is 6.42 Å². The molecule has 0 unspecified atom stereocenters. The molecule has 3 nitrogen and oxygen atoms in total. The van der Waals surface area contributed by atoms with Crippen molar-refractivity contribution in [1.82, 2.24) is 0 Å². The number of benzene rings is 2. The SMILES string of the molecule is Nc1cccc2c1N(C(=O)c1cc(F)c(Cl)cc1F)CC2. The Morgan fingerprint density at radius 1 is 1.24 bits per heavy atom. The van der Waals surface area contributed by atoms with Crippen molar-refractivity contribution in [3.8, 4) is 0 Å². The molecule has 0 saturated carbocycles. The molecule has 0 bridgehead atoms. The number of para-hydroxylation sites is 1. The largest absolute Gasteiger partial charge is 0.397 e. The maximum Gasteiger partial charge on any atom is 0.261 e. The second-order valence-corrected chi connectivity index (χ2v) is 5.22. The minimum absolute atomic E-state index is 0.354. The van der Waals surface area contributed by atoms with Gasteiger partial charge in [-0.3, -0.25) is 4.79 Å². The second-order valence-electron chi connectivity index (χ2n) is 4.81. The van der Waals surface area contributed by atoms with Gasteiger partial charge >= 0.3 is 0 Å². The minimum atomic E-state index is -0.852. The molecule has 6 heteroatoms.